The van der Waals surface area contributed by atoms with Crippen molar-refractivity contribution in [3.8, 4) is 0 Å². The molecule has 0 aromatic heterocycles. The van der Waals surface area contributed by atoms with E-state index >= 15 is 0 Å². The Labute approximate surface area is 101 Å². The van der Waals surface area contributed by atoms with Crippen LogP contribution in [-0.4, -0.2) is 18.5 Å². The zero-order chi connectivity index (χ0) is 11.7. The average Bonchev–Trinajstić information content (AvgIpc) is 2.67. The highest BCUT2D eigenvalue weighted by molar-refractivity contribution is 6.31. The fourth-order valence-electron chi connectivity index (χ4n) is 2.04. The Morgan fingerprint density at radius 3 is 2.81 bits per heavy atom. The molecule has 2 atom stereocenters. The lowest BCUT2D eigenvalue weighted by atomic mass is 9.92. The Balaban J connectivity index is 2.23. The highest BCUT2D eigenvalue weighted by Crippen LogP contribution is 2.26. The number of hydrogen-bond donors (Lipinski definition) is 0. The van der Waals surface area contributed by atoms with Gasteiger partial charge in [0.1, 0.15) is 0 Å². The number of aryl methyl sites for hydroxylation is 1. The van der Waals surface area contributed by atoms with Crippen LogP contribution >= 0.6 is 11.6 Å². The van der Waals surface area contributed by atoms with Crippen molar-refractivity contribution in [3.63, 3.8) is 0 Å². The van der Waals surface area contributed by atoms with Crippen LogP contribution in [0.5, 0.6) is 0 Å². The molecule has 1 fully saturated rings. The molecule has 0 bridgehead atoms. The molecular formula is C13H15ClO2. The van der Waals surface area contributed by atoms with Crippen molar-refractivity contribution in [2.75, 3.05) is 6.61 Å². The number of hydrogen-bond acceptors (Lipinski definition) is 2. The maximum absolute atomic E-state index is 12.2. The third kappa shape index (κ3) is 2.13. The van der Waals surface area contributed by atoms with Crippen molar-refractivity contribution in [1.82, 2.24) is 0 Å². The summed E-state index contributed by atoms with van der Waals surface area (Å²) in [6.07, 6.45) is 0.832. The maximum atomic E-state index is 12.2. The largest absolute Gasteiger partial charge is 0.378 e. The summed E-state index contributed by atoms with van der Waals surface area (Å²) in [4.78, 5) is 12.2. The van der Waals surface area contributed by atoms with Gasteiger partial charge in [-0.2, -0.15) is 0 Å². The van der Waals surface area contributed by atoms with Gasteiger partial charge in [0.15, 0.2) is 5.78 Å². The number of ether oxygens (including phenoxy) is 1. The Morgan fingerprint density at radius 2 is 2.25 bits per heavy atom. The predicted molar refractivity (Wildman–Crippen MR) is 64.0 cm³/mol. The van der Waals surface area contributed by atoms with Gasteiger partial charge in [0, 0.05) is 17.2 Å². The number of carbonyl (C=O) groups excluding carboxylic acids is 1. The second-order valence-electron chi connectivity index (χ2n) is 4.30. The first-order valence-corrected chi connectivity index (χ1v) is 5.89. The van der Waals surface area contributed by atoms with Crippen LogP contribution in [0.2, 0.25) is 5.02 Å². The van der Waals surface area contributed by atoms with Gasteiger partial charge in [0.25, 0.3) is 0 Å². The van der Waals surface area contributed by atoms with E-state index in [1.165, 1.54) is 0 Å². The summed E-state index contributed by atoms with van der Waals surface area (Å²) in [5.74, 6) is 0.130. The van der Waals surface area contributed by atoms with Crippen LogP contribution in [0.4, 0.5) is 0 Å². The molecule has 1 aliphatic rings. The molecule has 0 spiro atoms. The summed E-state index contributed by atoms with van der Waals surface area (Å²) in [7, 11) is 0. The number of carbonyl (C=O) groups is 1. The molecule has 0 radical (unpaired) electrons. The van der Waals surface area contributed by atoms with E-state index in [9.17, 15) is 4.79 Å². The molecule has 1 saturated heterocycles. The summed E-state index contributed by atoms with van der Waals surface area (Å²) < 4.78 is 5.41. The van der Waals surface area contributed by atoms with E-state index < -0.39 is 0 Å². The summed E-state index contributed by atoms with van der Waals surface area (Å²) >= 11 is 6.02. The number of benzene rings is 1. The summed E-state index contributed by atoms with van der Waals surface area (Å²) in [6.45, 7) is 4.56. The molecule has 2 rings (SSSR count). The second-order valence-corrected chi connectivity index (χ2v) is 4.71. The van der Waals surface area contributed by atoms with Crippen LogP contribution < -0.4 is 0 Å². The molecule has 16 heavy (non-hydrogen) atoms. The van der Waals surface area contributed by atoms with Crippen molar-refractivity contribution in [2.24, 2.45) is 5.92 Å². The van der Waals surface area contributed by atoms with E-state index in [4.69, 9.17) is 16.3 Å². The quantitative estimate of drug-likeness (QED) is 0.740. The third-order valence-electron chi connectivity index (χ3n) is 3.17. The first kappa shape index (κ1) is 11.6. The molecule has 3 heteroatoms. The van der Waals surface area contributed by atoms with Gasteiger partial charge in [0.05, 0.1) is 12.0 Å². The van der Waals surface area contributed by atoms with Gasteiger partial charge >= 0.3 is 0 Å². The minimum Gasteiger partial charge on any atom is -0.378 e. The molecule has 2 nitrogen and oxygen atoms in total. The second kappa shape index (κ2) is 4.56. The van der Waals surface area contributed by atoms with Crippen LogP contribution in [0.1, 0.15) is 29.3 Å². The number of Topliss-reactive ketones (excluding diaryl/α,β-unsaturated/α-hetero) is 1. The molecule has 1 aromatic rings. The molecule has 0 amide bonds. The first-order valence-electron chi connectivity index (χ1n) is 5.51. The van der Waals surface area contributed by atoms with Crippen molar-refractivity contribution in [3.05, 3.63) is 34.3 Å². The Hall–Kier alpha value is -0.860. The van der Waals surface area contributed by atoms with Crippen LogP contribution in [-0.2, 0) is 4.74 Å². The fourth-order valence-corrected chi connectivity index (χ4v) is 2.22. The fraction of sp³-hybridized carbons (Fsp3) is 0.462. The van der Waals surface area contributed by atoms with Gasteiger partial charge in [-0.1, -0.05) is 23.7 Å². The van der Waals surface area contributed by atoms with Gasteiger partial charge in [-0.15, -0.1) is 0 Å². The summed E-state index contributed by atoms with van der Waals surface area (Å²) in [6, 6.07) is 5.48. The summed E-state index contributed by atoms with van der Waals surface area (Å²) in [5.41, 5.74) is 1.69. The van der Waals surface area contributed by atoms with E-state index in [-0.39, 0.29) is 17.8 Å². The van der Waals surface area contributed by atoms with Crippen LogP contribution in [0, 0.1) is 12.8 Å². The molecule has 0 saturated carbocycles. The van der Waals surface area contributed by atoms with Crippen LogP contribution in [0.25, 0.3) is 0 Å². The normalized spacial score (nSPS) is 24.7. The molecule has 1 aliphatic heterocycles. The van der Waals surface area contributed by atoms with Gasteiger partial charge in [0.2, 0.25) is 0 Å². The molecule has 0 N–H and O–H groups in total. The number of ketones is 1. The van der Waals surface area contributed by atoms with E-state index in [0.717, 1.165) is 12.0 Å². The minimum atomic E-state index is -0.0150. The van der Waals surface area contributed by atoms with Crippen molar-refractivity contribution < 1.29 is 9.53 Å². The highest BCUT2D eigenvalue weighted by Gasteiger charge is 2.31. The molecular weight excluding hydrogens is 224 g/mol. The average molecular weight is 239 g/mol. The zero-order valence-corrected chi connectivity index (χ0v) is 10.3. The lowest BCUT2D eigenvalue weighted by Crippen LogP contribution is -2.21. The molecule has 86 valence electrons. The minimum absolute atomic E-state index is 0.0150. The first-order chi connectivity index (χ1) is 7.59. The lowest BCUT2D eigenvalue weighted by Gasteiger charge is -2.13. The van der Waals surface area contributed by atoms with Gasteiger partial charge in [-0.05, 0) is 31.9 Å². The molecule has 1 heterocycles. The maximum Gasteiger partial charge on any atom is 0.168 e. The zero-order valence-electron chi connectivity index (χ0n) is 9.50. The van der Waals surface area contributed by atoms with E-state index in [2.05, 4.69) is 0 Å². The standard InChI is InChI=1S/C13H15ClO2/c1-8-3-4-10(7-12(8)14)13(15)11-5-6-16-9(11)2/h3-4,7,9,11H,5-6H2,1-2H3. The van der Waals surface area contributed by atoms with Crippen LogP contribution in [0.15, 0.2) is 18.2 Å². The SMILES string of the molecule is Cc1ccc(C(=O)C2CCOC2C)cc1Cl. The van der Waals surface area contributed by atoms with E-state index in [1.54, 1.807) is 6.07 Å². The van der Waals surface area contributed by atoms with Crippen molar-refractivity contribution in [1.29, 1.82) is 0 Å². The topological polar surface area (TPSA) is 26.3 Å². The van der Waals surface area contributed by atoms with E-state index in [1.807, 2.05) is 26.0 Å². The monoisotopic (exact) mass is 238 g/mol. The predicted octanol–water partition coefficient (Wildman–Crippen LogP) is 3.26. The number of halogens is 1. The van der Waals surface area contributed by atoms with Gasteiger partial charge in [-0.3, -0.25) is 4.79 Å². The lowest BCUT2D eigenvalue weighted by molar-refractivity contribution is 0.0764. The third-order valence-corrected chi connectivity index (χ3v) is 3.58. The Bertz CT molecular complexity index is 414. The van der Waals surface area contributed by atoms with Gasteiger partial charge in [-0.25, -0.2) is 0 Å². The molecule has 1 aromatic carbocycles. The smallest absolute Gasteiger partial charge is 0.168 e. The molecule has 2 unspecified atom stereocenters. The van der Waals surface area contributed by atoms with Crippen molar-refractivity contribution in [2.45, 2.75) is 26.4 Å². The Kier molecular flexibility index (Phi) is 3.31. The number of rotatable bonds is 2. The molecule has 0 aliphatic carbocycles. The van der Waals surface area contributed by atoms with Crippen molar-refractivity contribution >= 4 is 17.4 Å². The Morgan fingerprint density at radius 1 is 1.50 bits per heavy atom. The van der Waals surface area contributed by atoms with E-state index in [0.29, 0.717) is 17.2 Å². The highest BCUT2D eigenvalue weighted by atomic mass is 35.5. The van der Waals surface area contributed by atoms with Gasteiger partial charge < -0.3 is 4.74 Å². The van der Waals surface area contributed by atoms with Crippen LogP contribution in [0.3, 0.4) is 0 Å². The summed E-state index contributed by atoms with van der Waals surface area (Å²) in [5, 5.41) is 0.650.